The normalized spacial score (nSPS) is 15.4. The molecule has 17 heavy (non-hydrogen) atoms. The van der Waals surface area contributed by atoms with Crippen LogP contribution in [0.5, 0.6) is 5.88 Å². The SMILES string of the molecule is CCCN(c1nccc(OCC)n1)C1CNC1. The third-order valence-corrected chi connectivity index (χ3v) is 2.83. The molecule has 1 aliphatic heterocycles. The molecule has 0 aliphatic carbocycles. The molecule has 0 radical (unpaired) electrons. The minimum absolute atomic E-state index is 0.520. The molecular formula is C12H20N4O. The Hall–Kier alpha value is -1.36. The number of anilines is 1. The first-order valence-corrected chi connectivity index (χ1v) is 6.28. The summed E-state index contributed by atoms with van der Waals surface area (Å²) in [5.41, 5.74) is 0. The predicted molar refractivity (Wildman–Crippen MR) is 67.5 cm³/mol. The van der Waals surface area contributed by atoms with Crippen molar-refractivity contribution in [3.63, 3.8) is 0 Å². The van der Waals surface area contributed by atoms with Crippen molar-refractivity contribution in [2.24, 2.45) is 0 Å². The van der Waals surface area contributed by atoms with Crippen LogP contribution in [-0.4, -0.2) is 42.3 Å². The summed E-state index contributed by atoms with van der Waals surface area (Å²) in [6, 6.07) is 2.32. The summed E-state index contributed by atoms with van der Waals surface area (Å²) in [7, 11) is 0. The Morgan fingerprint density at radius 3 is 2.88 bits per heavy atom. The maximum absolute atomic E-state index is 5.41. The van der Waals surface area contributed by atoms with Crippen LogP contribution in [0.15, 0.2) is 12.3 Å². The summed E-state index contributed by atoms with van der Waals surface area (Å²) in [4.78, 5) is 11.1. The van der Waals surface area contributed by atoms with Crippen LogP contribution in [0, 0.1) is 0 Å². The fourth-order valence-corrected chi connectivity index (χ4v) is 1.88. The molecular weight excluding hydrogens is 216 g/mol. The first kappa shape index (κ1) is 12.1. The van der Waals surface area contributed by atoms with Crippen molar-refractivity contribution in [3.05, 3.63) is 12.3 Å². The van der Waals surface area contributed by atoms with Gasteiger partial charge in [-0.2, -0.15) is 4.98 Å². The molecule has 1 N–H and O–H groups in total. The van der Waals surface area contributed by atoms with Crippen LogP contribution in [0.3, 0.4) is 0 Å². The lowest BCUT2D eigenvalue weighted by atomic mass is 10.1. The Kier molecular flexibility index (Phi) is 4.14. The Balaban J connectivity index is 2.13. The van der Waals surface area contributed by atoms with Crippen LogP contribution in [0.25, 0.3) is 0 Å². The highest BCUT2D eigenvalue weighted by Gasteiger charge is 2.26. The van der Waals surface area contributed by atoms with E-state index in [4.69, 9.17) is 4.74 Å². The van der Waals surface area contributed by atoms with Crippen molar-refractivity contribution in [3.8, 4) is 5.88 Å². The summed E-state index contributed by atoms with van der Waals surface area (Å²) in [5, 5.41) is 3.28. The molecule has 0 saturated carbocycles. The Morgan fingerprint density at radius 1 is 1.47 bits per heavy atom. The highest BCUT2D eigenvalue weighted by atomic mass is 16.5. The lowest BCUT2D eigenvalue weighted by Gasteiger charge is -2.38. The maximum Gasteiger partial charge on any atom is 0.228 e. The summed E-state index contributed by atoms with van der Waals surface area (Å²) in [6.45, 7) is 7.79. The molecule has 0 atom stereocenters. The van der Waals surface area contributed by atoms with Gasteiger partial charge in [-0.1, -0.05) is 6.92 Å². The zero-order chi connectivity index (χ0) is 12.1. The number of nitrogens with one attached hydrogen (secondary N) is 1. The van der Waals surface area contributed by atoms with Crippen LogP contribution >= 0.6 is 0 Å². The zero-order valence-corrected chi connectivity index (χ0v) is 10.5. The number of hydrogen-bond acceptors (Lipinski definition) is 5. The summed E-state index contributed by atoms with van der Waals surface area (Å²) in [5.74, 6) is 1.44. The van der Waals surface area contributed by atoms with Gasteiger partial charge in [0.1, 0.15) is 0 Å². The summed E-state index contributed by atoms with van der Waals surface area (Å²) < 4.78 is 5.41. The topological polar surface area (TPSA) is 50.3 Å². The van der Waals surface area contributed by atoms with Gasteiger partial charge < -0.3 is 15.0 Å². The van der Waals surface area contributed by atoms with E-state index in [1.807, 2.05) is 6.92 Å². The van der Waals surface area contributed by atoms with Crippen molar-refractivity contribution in [1.82, 2.24) is 15.3 Å². The molecule has 5 nitrogen and oxygen atoms in total. The van der Waals surface area contributed by atoms with Crippen molar-refractivity contribution in [1.29, 1.82) is 0 Å². The largest absolute Gasteiger partial charge is 0.478 e. The van der Waals surface area contributed by atoms with Crippen LogP contribution in [0.1, 0.15) is 20.3 Å². The molecule has 1 saturated heterocycles. The van der Waals surface area contributed by atoms with Crippen molar-refractivity contribution in [2.45, 2.75) is 26.3 Å². The molecule has 1 aromatic rings. The lowest BCUT2D eigenvalue weighted by molar-refractivity contribution is 0.325. The Morgan fingerprint density at radius 2 is 2.29 bits per heavy atom. The molecule has 2 heterocycles. The lowest BCUT2D eigenvalue weighted by Crippen LogP contribution is -2.58. The van der Waals surface area contributed by atoms with E-state index in [0.717, 1.165) is 32.0 Å². The van der Waals surface area contributed by atoms with Crippen LogP contribution < -0.4 is 15.0 Å². The monoisotopic (exact) mass is 236 g/mol. The molecule has 0 unspecified atom stereocenters. The predicted octanol–water partition coefficient (Wildman–Crippen LogP) is 1.06. The van der Waals surface area contributed by atoms with Gasteiger partial charge in [0.25, 0.3) is 0 Å². The van der Waals surface area contributed by atoms with E-state index in [2.05, 4.69) is 27.1 Å². The standard InChI is InChI=1S/C12H20N4O/c1-3-7-16(10-8-13-9-10)12-14-6-5-11(15-12)17-4-2/h5-6,10,13H,3-4,7-9H2,1-2H3. The molecule has 94 valence electrons. The van der Waals surface area contributed by atoms with Gasteiger partial charge >= 0.3 is 0 Å². The van der Waals surface area contributed by atoms with Gasteiger partial charge in [0.2, 0.25) is 11.8 Å². The van der Waals surface area contributed by atoms with E-state index >= 15 is 0 Å². The molecule has 1 aliphatic rings. The number of aromatic nitrogens is 2. The Bertz CT molecular complexity index is 354. The first-order chi connectivity index (χ1) is 8.35. The van der Waals surface area contributed by atoms with Crippen molar-refractivity contribution in [2.75, 3.05) is 31.1 Å². The second-order valence-corrected chi connectivity index (χ2v) is 4.13. The van der Waals surface area contributed by atoms with Crippen LogP contribution in [0.4, 0.5) is 5.95 Å². The quantitative estimate of drug-likeness (QED) is 0.800. The van der Waals surface area contributed by atoms with E-state index in [-0.39, 0.29) is 0 Å². The Labute approximate surface area is 102 Å². The van der Waals surface area contributed by atoms with Crippen LogP contribution in [-0.2, 0) is 0 Å². The molecule has 0 amide bonds. The van der Waals surface area contributed by atoms with Gasteiger partial charge in [0.05, 0.1) is 12.6 Å². The number of hydrogen-bond donors (Lipinski definition) is 1. The molecule has 5 heteroatoms. The highest BCUT2D eigenvalue weighted by molar-refractivity contribution is 5.35. The number of ether oxygens (including phenoxy) is 1. The van der Waals surface area contributed by atoms with E-state index < -0.39 is 0 Å². The molecule has 0 bridgehead atoms. The fraction of sp³-hybridized carbons (Fsp3) is 0.667. The van der Waals surface area contributed by atoms with E-state index in [0.29, 0.717) is 18.5 Å². The number of rotatable bonds is 6. The van der Waals surface area contributed by atoms with Crippen LogP contribution in [0.2, 0.25) is 0 Å². The smallest absolute Gasteiger partial charge is 0.228 e. The zero-order valence-electron chi connectivity index (χ0n) is 10.5. The average Bonchev–Trinajstić information content (AvgIpc) is 2.27. The first-order valence-electron chi connectivity index (χ1n) is 6.28. The van der Waals surface area contributed by atoms with Gasteiger partial charge in [0, 0.05) is 31.9 Å². The molecule has 0 aromatic carbocycles. The summed E-state index contributed by atoms with van der Waals surface area (Å²) in [6.07, 6.45) is 2.86. The van der Waals surface area contributed by atoms with Crippen molar-refractivity contribution >= 4 is 5.95 Å². The highest BCUT2D eigenvalue weighted by Crippen LogP contribution is 2.17. The minimum Gasteiger partial charge on any atom is -0.478 e. The molecule has 1 aromatic heterocycles. The fourth-order valence-electron chi connectivity index (χ4n) is 1.88. The average molecular weight is 236 g/mol. The second-order valence-electron chi connectivity index (χ2n) is 4.13. The number of nitrogens with zero attached hydrogens (tertiary/aromatic N) is 3. The van der Waals surface area contributed by atoms with Gasteiger partial charge in [-0.05, 0) is 13.3 Å². The van der Waals surface area contributed by atoms with Crippen molar-refractivity contribution < 1.29 is 4.74 Å². The van der Waals surface area contributed by atoms with Gasteiger partial charge in [0.15, 0.2) is 0 Å². The third-order valence-electron chi connectivity index (χ3n) is 2.83. The van der Waals surface area contributed by atoms with Gasteiger partial charge in [-0.3, -0.25) is 0 Å². The molecule has 2 rings (SSSR count). The van der Waals surface area contributed by atoms with Gasteiger partial charge in [-0.25, -0.2) is 4.98 Å². The van der Waals surface area contributed by atoms with Gasteiger partial charge in [-0.15, -0.1) is 0 Å². The summed E-state index contributed by atoms with van der Waals surface area (Å²) >= 11 is 0. The third kappa shape index (κ3) is 2.85. The minimum atomic E-state index is 0.520. The second kappa shape index (κ2) is 5.82. The molecule has 0 spiro atoms. The van der Waals surface area contributed by atoms with E-state index in [1.165, 1.54) is 0 Å². The maximum atomic E-state index is 5.41. The van der Waals surface area contributed by atoms with E-state index in [9.17, 15) is 0 Å². The van der Waals surface area contributed by atoms with E-state index in [1.54, 1.807) is 12.3 Å². The molecule has 1 fully saturated rings.